The van der Waals surface area contributed by atoms with Gasteiger partial charge in [-0.05, 0) is 67.6 Å². The number of hydrogen-bond acceptors (Lipinski definition) is 6. The van der Waals surface area contributed by atoms with Crippen LogP contribution >= 0.6 is 11.3 Å². The van der Waals surface area contributed by atoms with Crippen LogP contribution in [0.25, 0.3) is 0 Å². The van der Waals surface area contributed by atoms with Gasteiger partial charge in [0.25, 0.3) is 17.5 Å². The van der Waals surface area contributed by atoms with Crippen LogP contribution in [-0.2, 0) is 12.8 Å². The molecule has 0 aliphatic heterocycles. The number of aryl methyl sites for hydroxylation is 1. The van der Waals surface area contributed by atoms with Crippen molar-refractivity contribution in [2.45, 2.75) is 32.1 Å². The zero-order chi connectivity index (χ0) is 23.4. The summed E-state index contributed by atoms with van der Waals surface area (Å²) in [6.07, 6.45) is 4.79. The van der Waals surface area contributed by atoms with E-state index in [1.807, 2.05) is 0 Å². The van der Waals surface area contributed by atoms with Crippen molar-refractivity contribution < 1.29 is 19.2 Å². The minimum atomic E-state index is -0.514. The maximum Gasteiger partial charge on any atom is 0.269 e. The van der Waals surface area contributed by atoms with Crippen LogP contribution in [0.1, 0.15) is 50.4 Å². The number of nitro benzene ring substituents is 1. The Morgan fingerprint density at radius 2 is 1.64 bits per heavy atom. The predicted molar refractivity (Wildman–Crippen MR) is 128 cm³/mol. The van der Waals surface area contributed by atoms with Gasteiger partial charge in [-0.1, -0.05) is 6.42 Å². The fraction of sp³-hybridized carbons (Fsp3) is 0.250. The van der Waals surface area contributed by atoms with E-state index < -0.39 is 10.8 Å². The van der Waals surface area contributed by atoms with Crippen molar-refractivity contribution in [3.63, 3.8) is 0 Å². The molecule has 0 saturated carbocycles. The average Bonchev–Trinajstić information content (AvgIpc) is 2.99. The molecule has 2 aromatic carbocycles. The summed E-state index contributed by atoms with van der Waals surface area (Å²) in [4.78, 5) is 37.6. The molecule has 0 spiro atoms. The lowest BCUT2D eigenvalue weighted by atomic mass is 10.0. The first kappa shape index (κ1) is 22.5. The Hall–Kier alpha value is -3.72. The second-order valence-electron chi connectivity index (χ2n) is 7.71. The largest absolute Gasteiger partial charge is 0.497 e. The molecule has 1 aliphatic carbocycles. The number of methoxy groups -OCH3 is 1. The van der Waals surface area contributed by atoms with Gasteiger partial charge in [0, 0.05) is 28.3 Å². The molecule has 0 radical (unpaired) electrons. The highest BCUT2D eigenvalue weighted by molar-refractivity contribution is 7.17. The quantitative estimate of drug-likeness (QED) is 0.286. The topological polar surface area (TPSA) is 111 Å². The number of thiophene rings is 1. The molecule has 0 bridgehead atoms. The molecule has 170 valence electrons. The van der Waals surface area contributed by atoms with E-state index in [-0.39, 0.29) is 17.2 Å². The zero-order valence-electron chi connectivity index (χ0n) is 18.1. The first-order valence-electron chi connectivity index (χ1n) is 10.6. The minimum Gasteiger partial charge on any atom is -0.497 e. The number of carbonyl (C=O) groups excluding carboxylic acids is 2. The van der Waals surface area contributed by atoms with Gasteiger partial charge in [-0.25, -0.2) is 0 Å². The van der Waals surface area contributed by atoms with Crippen molar-refractivity contribution in [1.82, 2.24) is 0 Å². The molecule has 1 aromatic heterocycles. The number of carbonyl (C=O) groups is 2. The molecule has 8 nitrogen and oxygen atoms in total. The SMILES string of the molecule is COc1ccc(NC(=O)c2c(NC(=O)c3ccc([N+](=O)[O-])cc3)sc3c2CCCCC3)cc1. The number of fused-ring (bicyclic) bond motifs is 1. The van der Waals surface area contributed by atoms with Crippen LogP contribution in [0, 0.1) is 10.1 Å². The maximum atomic E-state index is 13.3. The summed E-state index contributed by atoms with van der Waals surface area (Å²) in [6.45, 7) is 0. The van der Waals surface area contributed by atoms with Gasteiger partial charge in [0.15, 0.2) is 0 Å². The molecule has 0 fully saturated rings. The van der Waals surface area contributed by atoms with Crippen LogP contribution in [0.15, 0.2) is 48.5 Å². The van der Waals surface area contributed by atoms with E-state index in [4.69, 9.17) is 4.74 Å². The van der Waals surface area contributed by atoms with Crippen LogP contribution in [0.2, 0.25) is 0 Å². The van der Waals surface area contributed by atoms with Crippen LogP contribution in [0.3, 0.4) is 0 Å². The standard InChI is InChI=1S/C24H23N3O5S/c1-32-18-13-9-16(10-14-18)25-23(29)21-19-5-3-2-4-6-20(19)33-24(21)26-22(28)15-7-11-17(12-8-15)27(30)31/h7-14H,2-6H2,1H3,(H,25,29)(H,26,28). The molecular weight excluding hydrogens is 442 g/mol. The van der Waals surface area contributed by atoms with Crippen molar-refractivity contribution in [1.29, 1.82) is 0 Å². The van der Waals surface area contributed by atoms with Crippen LogP contribution in [-0.4, -0.2) is 23.8 Å². The lowest BCUT2D eigenvalue weighted by Crippen LogP contribution is -2.18. The lowest BCUT2D eigenvalue weighted by Gasteiger charge is -2.11. The molecule has 9 heteroatoms. The number of nitrogens with zero attached hydrogens (tertiary/aromatic N) is 1. The van der Waals surface area contributed by atoms with E-state index >= 15 is 0 Å². The Morgan fingerprint density at radius 3 is 2.30 bits per heavy atom. The first-order valence-corrected chi connectivity index (χ1v) is 11.4. The number of ether oxygens (including phenoxy) is 1. The molecule has 2 N–H and O–H groups in total. The number of nitrogens with one attached hydrogen (secondary N) is 2. The third-order valence-corrected chi connectivity index (χ3v) is 6.77. The number of hydrogen-bond donors (Lipinski definition) is 2. The molecule has 2 amide bonds. The number of benzene rings is 2. The van der Waals surface area contributed by atoms with Crippen LogP contribution in [0.4, 0.5) is 16.4 Å². The van der Waals surface area contributed by atoms with E-state index in [1.54, 1.807) is 31.4 Å². The molecule has 0 saturated heterocycles. The molecule has 3 aromatic rings. The smallest absolute Gasteiger partial charge is 0.269 e. The molecular formula is C24H23N3O5S. The van der Waals surface area contributed by atoms with E-state index in [1.165, 1.54) is 35.6 Å². The highest BCUT2D eigenvalue weighted by Gasteiger charge is 2.26. The molecule has 1 heterocycles. The normalized spacial score (nSPS) is 12.9. The zero-order valence-corrected chi connectivity index (χ0v) is 18.9. The number of rotatable bonds is 6. The third-order valence-electron chi connectivity index (χ3n) is 5.56. The van der Waals surface area contributed by atoms with E-state index in [0.29, 0.717) is 22.0 Å². The maximum absolute atomic E-state index is 13.3. The van der Waals surface area contributed by atoms with Gasteiger partial charge in [-0.15, -0.1) is 11.3 Å². The van der Waals surface area contributed by atoms with Crippen molar-refractivity contribution >= 4 is 39.5 Å². The van der Waals surface area contributed by atoms with Crippen molar-refractivity contribution in [2.24, 2.45) is 0 Å². The molecule has 0 atom stereocenters. The van der Waals surface area contributed by atoms with Gasteiger partial charge >= 0.3 is 0 Å². The Balaban J connectivity index is 1.62. The molecule has 4 rings (SSSR count). The third kappa shape index (κ3) is 5.04. The molecule has 1 aliphatic rings. The van der Waals surface area contributed by atoms with Gasteiger partial charge < -0.3 is 15.4 Å². The highest BCUT2D eigenvalue weighted by atomic mass is 32.1. The van der Waals surface area contributed by atoms with E-state index in [0.717, 1.165) is 42.5 Å². The van der Waals surface area contributed by atoms with Crippen molar-refractivity contribution in [2.75, 3.05) is 17.7 Å². The van der Waals surface area contributed by atoms with Crippen molar-refractivity contribution in [3.8, 4) is 5.75 Å². The fourth-order valence-electron chi connectivity index (χ4n) is 3.85. The summed E-state index contributed by atoms with van der Waals surface area (Å²) in [5, 5.41) is 17.2. The first-order chi connectivity index (χ1) is 16.0. The van der Waals surface area contributed by atoms with E-state index in [9.17, 15) is 19.7 Å². The predicted octanol–water partition coefficient (Wildman–Crippen LogP) is 5.44. The summed E-state index contributed by atoms with van der Waals surface area (Å²) in [7, 11) is 1.58. The Morgan fingerprint density at radius 1 is 0.939 bits per heavy atom. The van der Waals surface area contributed by atoms with Gasteiger partial charge in [0.2, 0.25) is 0 Å². The Labute approximate surface area is 194 Å². The number of anilines is 2. The summed E-state index contributed by atoms with van der Waals surface area (Å²) in [6, 6.07) is 12.4. The molecule has 33 heavy (non-hydrogen) atoms. The van der Waals surface area contributed by atoms with Gasteiger partial charge in [-0.2, -0.15) is 0 Å². The van der Waals surface area contributed by atoms with E-state index in [2.05, 4.69) is 10.6 Å². The summed E-state index contributed by atoms with van der Waals surface area (Å²) in [5.74, 6) is -0.00757. The lowest BCUT2D eigenvalue weighted by molar-refractivity contribution is -0.384. The summed E-state index contributed by atoms with van der Waals surface area (Å²) in [5.41, 5.74) is 2.30. The average molecular weight is 466 g/mol. The number of non-ortho nitro benzene ring substituents is 1. The monoisotopic (exact) mass is 465 g/mol. The highest BCUT2D eigenvalue weighted by Crippen LogP contribution is 2.38. The Kier molecular flexibility index (Phi) is 6.69. The second-order valence-corrected chi connectivity index (χ2v) is 8.81. The summed E-state index contributed by atoms with van der Waals surface area (Å²) >= 11 is 1.43. The van der Waals surface area contributed by atoms with Crippen LogP contribution < -0.4 is 15.4 Å². The van der Waals surface area contributed by atoms with Gasteiger partial charge in [0.1, 0.15) is 10.8 Å². The minimum absolute atomic E-state index is 0.0889. The van der Waals surface area contributed by atoms with Crippen molar-refractivity contribution in [3.05, 3.63) is 80.2 Å². The number of nitro groups is 1. The second kappa shape index (κ2) is 9.83. The van der Waals surface area contributed by atoms with Crippen LogP contribution in [0.5, 0.6) is 5.75 Å². The fourth-order valence-corrected chi connectivity index (χ4v) is 5.13. The summed E-state index contributed by atoms with van der Waals surface area (Å²) < 4.78 is 5.16. The molecule has 0 unspecified atom stereocenters. The van der Waals surface area contributed by atoms with Gasteiger partial charge in [-0.3, -0.25) is 19.7 Å². The Bertz CT molecular complexity index is 1190. The van der Waals surface area contributed by atoms with Gasteiger partial charge in [0.05, 0.1) is 17.6 Å². The number of amides is 2.